The van der Waals surface area contributed by atoms with E-state index in [2.05, 4.69) is 16.2 Å². The van der Waals surface area contributed by atoms with Crippen molar-refractivity contribution < 1.29 is 0 Å². The van der Waals surface area contributed by atoms with Crippen LogP contribution in [-0.2, 0) is 0 Å². The Labute approximate surface area is 83.8 Å². The number of aromatic nitrogens is 1. The molecule has 1 N–H and O–H groups in total. The zero-order chi connectivity index (χ0) is 10.2. The van der Waals surface area contributed by atoms with Crippen molar-refractivity contribution in [1.82, 2.24) is 4.98 Å². The van der Waals surface area contributed by atoms with Crippen LogP contribution in [0.2, 0.25) is 0 Å². The monoisotopic (exact) mass is 185 g/mol. The highest BCUT2D eigenvalue weighted by Crippen LogP contribution is 2.05. The molecule has 3 heteroatoms. The van der Waals surface area contributed by atoms with Gasteiger partial charge in [-0.3, -0.25) is 0 Å². The van der Waals surface area contributed by atoms with E-state index < -0.39 is 0 Å². The van der Waals surface area contributed by atoms with Crippen LogP contribution in [0.4, 0.5) is 5.69 Å². The van der Waals surface area contributed by atoms with Crippen LogP contribution in [-0.4, -0.2) is 11.5 Å². The van der Waals surface area contributed by atoms with Crippen molar-refractivity contribution >= 4 is 5.69 Å². The molecule has 3 nitrogen and oxygen atoms in total. The summed E-state index contributed by atoms with van der Waals surface area (Å²) in [7, 11) is 0. The molecule has 0 bridgehead atoms. The Hall–Kier alpha value is -2.00. The molecule has 1 aromatic rings. The van der Waals surface area contributed by atoms with Crippen LogP contribution in [0.3, 0.4) is 0 Å². The molecule has 0 spiro atoms. The molecule has 14 heavy (non-hydrogen) atoms. The van der Waals surface area contributed by atoms with E-state index in [4.69, 9.17) is 11.7 Å². The third-order valence-corrected chi connectivity index (χ3v) is 1.71. The number of rotatable bonds is 4. The van der Waals surface area contributed by atoms with E-state index in [9.17, 15) is 0 Å². The second-order valence-electron chi connectivity index (χ2n) is 2.78. The third-order valence-electron chi connectivity index (χ3n) is 1.71. The molecule has 0 amide bonds. The lowest BCUT2D eigenvalue weighted by Crippen LogP contribution is -2.01. The standard InChI is InChI=1S/C11H11N3/c1-2-3-4-7-13-11-6-5-10(8-12)14-9-11/h1,5-6,9,13H,3-4,7H2. The van der Waals surface area contributed by atoms with Crippen molar-refractivity contribution in [2.45, 2.75) is 12.8 Å². The molecule has 1 aromatic heterocycles. The number of hydrogen-bond donors (Lipinski definition) is 1. The summed E-state index contributed by atoms with van der Waals surface area (Å²) in [5.41, 5.74) is 1.35. The van der Waals surface area contributed by atoms with Crippen molar-refractivity contribution in [3.63, 3.8) is 0 Å². The Kier molecular flexibility index (Phi) is 4.04. The minimum atomic E-state index is 0.430. The first kappa shape index (κ1) is 10.1. The van der Waals surface area contributed by atoms with E-state index in [1.165, 1.54) is 0 Å². The molecule has 1 heterocycles. The maximum atomic E-state index is 8.52. The van der Waals surface area contributed by atoms with Crippen LogP contribution < -0.4 is 5.32 Å². The van der Waals surface area contributed by atoms with Gasteiger partial charge in [0.1, 0.15) is 11.8 Å². The summed E-state index contributed by atoms with van der Waals surface area (Å²) in [6.45, 7) is 0.831. The molecule has 0 atom stereocenters. The fourth-order valence-corrected chi connectivity index (χ4v) is 0.988. The van der Waals surface area contributed by atoms with Crippen LogP contribution >= 0.6 is 0 Å². The normalized spacial score (nSPS) is 8.71. The van der Waals surface area contributed by atoms with E-state index in [0.717, 1.165) is 25.1 Å². The minimum absolute atomic E-state index is 0.430. The van der Waals surface area contributed by atoms with E-state index in [1.807, 2.05) is 12.1 Å². The highest BCUT2D eigenvalue weighted by atomic mass is 14.9. The number of nitriles is 1. The molecule has 70 valence electrons. The van der Waals surface area contributed by atoms with E-state index in [-0.39, 0.29) is 0 Å². The molecule has 0 aromatic carbocycles. The van der Waals surface area contributed by atoms with Crippen molar-refractivity contribution in [3.05, 3.63) is 24.0 Å². The number of pyridine rings is 1. The lowest BCUT2D eigenvalue weighted by Gasteiger charge is -2.03. The maximum absolute atomic E-state index is 8.52. The number of hydrogen-bond acceptors (Lipinski definition) is 3. The quantitative estimate of drug-likeness (QED) is 0.574. The lowest BCUT2D eigenvalue weighted by molar-refractivity contribution is 0.906. The van der Waals surface area contributed by atoms with Crippen molar-refractivity contribution in [2.24, 2.45) is 0 Å². The van der Waals surface area contributed by atoms with Gasteiger partial charge in [-0.1, -0.05) is 0 Å². The number of nitrogens with zero attached hydrogens (tertiary/aromatic N) is 2. The largest absolute Gasteiger partial charge is 0.384 e. The van der Waals surface area contributed by atoms with Gasteiger partial charge in [-0.25, -0.2) is 4.98 Å². The Bertz CT molecular complexity index is 354. The van der Waals surface area contributed by atoms with Gasteiger partial charge in [0.05, 0.1) is 11.9 Å². The summed E-state index contributed by atoms with van der Waals surface area (Å²) in [6.07, 6.45) is 8.48. The van der Waals surface area contributed by atoms with Crippen LogP contribution in [0.1, 0.15) is 18.5 Å². The predicted octanol–water partition coefficient (Wildman–Crippen LogP) is 1.78. The Morgan fingerprint density at radius 2 is 2.36 bits per heavy atom. The van der Waals surface area contributed by atoms with E-state index in [0.29, 0.717) is 5.69 Å². The molecule has 0 saturated heterocycles. The fourth-order valence-electron chi connectivity index (χ4n) is 0.988. The highest BCUT2D eigenvalue weighted by Gasteiger charge is 1.93. The van der Waals surface area contributed by atoms with Gasteiger partial charge >= 0.3 is 0 Å². The Morgan fingerprint density at radius 1 is 1.50 bits per heavy atom. The Balaban J connectivity index is 2.38. The molecule has 0 unspecified atom stereocenters. The molecule has 0 aliphatic heterocycles. The summed E-state index contributed by atoms with van der Waals surface area (Å²) in [4.78, 5) is 3.93. The van der Waals surface area contributed by atoms with Crippen LogP contribution in [0, 0.1) is 23.7 Å². The van der Waals surface area contributed by atoms with Gasteiger partial charge in [0.15, 0.2) is 0 Å². The van der Waals surface area contributed by atoms with Crippen molar-refractivity contribution in [1.29, 1.82) is 5.26 Å². The smallest absolute Gasteiger partial charge is 0.140 e. The van der Waals surface area contributed by atoms with E-state index in [1.54, 1.807) is 12.3 Å². The summed E-state index contributed by atoms with van der Waals surface area (Å²) in [5, 5.41) is 11.7. The second kappa shape index (κ2) is 5.61. The Morgan fingerprint density at radius 3 is 2.93 bits per heavy atom. The van der Waals surface area contributed by atoms with Crippen molar-refractivity contribution in [2.75, 3.05) is 11.9 Å². The highest BCUT2D eigenvalue weighted by molar-refractivity contribution is 5.42. The molecular formula is C11H11N3. The van der Waals surface area contributed by atoms with Gasteiger partial charge in [0.2, 0.25) is 0 Å². The van der Waals surface area contributed by atoms with Gasteiger partial charge in [-0.2, -0.15) is 5.26 Å². The third kappa shape index (κ3) is 3.16. The summed E-state index contributed by atoms with van der Waals surface area (Å²) >= 11 is 0. The number of unbranched alkanes of at least 4 members (excludes halogenated alkanes) is 1. The fraction of sp³-hybridized carbons (Fsp3) is 0.273. The molecule has 1 rings (SSSR count). The van der Waals surface area contributed by atoms with Crippen LogP contribution in [0.25, 0.3) is 0 Å². The van der Waals surface area contributed by atoms with Gasteiger partial charge in [0.25, 0.3) is 0 Å². The topological polar surface area (TPSA) is 48.7 Å². The molecule has 0 fully saturated rings. The SMILES string of the molecule is C#CCCCNc1ccc(C#N)nc1. The maximum Gasteiger partial charge on any atom is 0.140 e. The zero-order valence-corrected chi connectivity index (χ0v) is 7.83. The van der Waals surface area contributed by atoms with Crippen LogP contribution in [0.15, 0.2) is 18.3 Å². The zero-order valence-electron chi connectivity index (χ0n) is 7.83. The minimum Gasteiger partial charge on any atom is -0.384 e. The second-order valence-corrected chi connectivity index (χ2v) is 2.78. The van der Waals surface area contributed by atoms with E-state index >= 15 is 0 Å². The first-order valence-electron chi connectivity index (χ1n) is 4.40. The average Bonchev–Trinajstić information content (AvgIpc) is 2.25. The van der Waals surface area contributed by atoms with Gasteiger partial charge in [-0.15, -0.1) is 12.3 Å². The molecule has 0 aliphatic carbocycles. The number of terminal acetylenes is 1. The van der Waals surface area contributed by atoms with Gasteiger partial charge in [-0.05, 0) is 18.6 Å². The summed E-state index contributed by atoms with van der Waals surface area (Å²) in [5.74, 6) is 2.57. The van der Waals surface area contributed by atoms with Crippen LogP contribution in [0.5, 0.6) is 0 Å². The van der Waals surface area contributed by atoms with Gasteiger partial charge in [0, 0.05) is 13.0 Å². The average molecular weight is 185 g/mol. The summed E-state index contributed by atoms with van der Waals surface area (Å²) in [6, 6.07) is 5.48. The molecule has 0 radical (unpaired) electrons. The predicted molar refractivity (Wildman–Crippen MR) is 55.5 cm³/mol. The number of anilines is 1. The van der Waals surface area contributed by atoms with Gasteiger partial charge < -0.3 is 5.32 Å². The lowest BCUT2D eigenvalue weighted by atomic mass is 10.3. The molecular weight excluding hydrogens is 174 g/mol. The van der Waals surface area contributed by atoms with Crippen molar-refractivity contribution in [3.8, 4) is 18.4 Å². The molecule has 0 aliphatic rings. The first-order chi connectivity index (χ1) is 6.86. The summed E-state index contributed by atoms with van der Waals surface area (Å²) < 4.78 is 0. The molecule has 0 saturated carbocycles. The first-order valence-corrected chi connectivity index (χ1v) is 4.40. The number of nitrogens with one attached hydrogen (secondary N) is 1.